The summed E-state index contributed by atoms with van der Waals surface area (Å²) in [5, 5.41) is 3.05. The lowest BCUT2D eigenvalue weighted by Crippen LogP contribution is -2.40. The van der Waals surface area contributed by atoms with Gasteiger partial charge in [0.25, 0.3) is 16.0 Å². The molecule has 2 aliphatic heterocycles. The van der Waals surface area contributed by atoms with E-state index in [0.717, 1.165) is 6.26 Å². The van der Waals surface area contributed by atoms with Crippen molar-refractivity contribution in [3.8, 4) is 0 Å². The fourth-order valence-corrected chi connectivity index (χ4v) is 3.57. The standard InChI is InChI=1S/C13H13ClN2O5S/c1-22(19,20)21-8-5-11-12(17)15-10-3-2-7(14)4-9(10)13(18)16(11)6-8/h2-4,8,11H,5-6H2,1H3,(H,15,17)/t8-,11+/m1/s1. The van der Waals surface area contributed by atoms with Gasteiger partial charge in [-0.05, 0) is 18.2 Å². The number of amides is 2. The first-order valence-corrected chi connectivity index (χ1v) is 8.74. The van der Waals surface area contributed by atoms with Gasteiger partial charge >= 0.3 is 0 Å². The molecule has 1 N–H and O–H groups in total. The second-order valence-corrected chi connectivity index (χ2v) is 7.35. The topological polar surface area (TPSA) is 92.8 Å². The second-order valence-electron chi connectivity index (χ2n) is 5.31. The molecule has 0 aromatic heterocycles. The van der Waals surface area contributed by atoms with E-state index in [1.54, 1.807) is 12.1 Å². The van der Waals surface area contributed by atoms with Crippen molar-refractivity contribution < 1.29 is 22.2 Å². The van der Waals surface area contributed by atoms with Gasteiger partial charge in [0, 0.05) is 18.0 Å². The Morgan fingerprint density at radius 3 is 2.77 bits per heavy atom. The average Bonchev–Trinajstić information content (AvgIpc) is 2.78. The lowest BCUT2D eigenvalue weighted by atomic mass is 10.1. The number of carbonyl (C=O) groups excluding carboxylic acids is 2. The van der Waals surface area contributed by atoms with Crippen molar-refractivity contribution in [1.82, 2.24) is 4.90 Å². The molecule has 3 rings (SSSR count). The van der Waals surface area contributed by atoms with Crippen LogP contribution in [0, 0.1) is 0 Å². The van der Waals surface area contributed by atoms with Gasteiger partial charge in [-0.2, -0.15) is 8.42 Å². The Morgan fingerprint density at radius 2 is 2.09 bits per heavy atom. The molecule has 118 valence electrons. The molecule has 2 atom stereocenters. The zero-order valence-corrected chi connectivity index (χ0v) is 13.1. The number of nitrogens with zero attached hydrogens (tertiary/aromatic N) is 1. The van der Waals surface area contributed by atoms with Gasteiger partial charge in [0.1, 0.15) is 6.04 Å². The normalized spacial score (nSPS) is 24.5. The maximum absolute atomic E-state index is 12.6. The van der Waals surface area contributed by atoms with Gasteiger partial charge in [-0.15, -0.1) is 0 Å². The van der Waals surface area contributed by atoms with E-state index < -0.39 is 22.3 Å². The van der Waals surface area contributed by atoms with Crippen LogP contribution in [-0.4, -0.2) is 50.1 Å². The van der Waals surface area contributed by atoms with Crippen LogP contribution in [0.25, 0.3) is 0 Å². The zero-order chi connectivity index (χ0) is 16.1. The maximum Gasteiger partial charge on any atom is 0.264 e. The first-order chi connectivity index (χ1) is 10.2. The molecule has 1 aromatic carbocycles. The minimum Gasteiger partial charge on any atom is -0.324 e. The molecule has 0 radical (unpaired) electrons. The van der Waals surface area contributed by atoms with Crippen molar-refractivity contribution in [3.05, 3.63) is 28.8 Å². The number of rotatable bonds is 2. The summed E-state index contributed by atoms with van der Waals surface area (Å²) in [5.41, 5.74) is 0.678. The van der Waals surface area contributed by atoms with Crippen LogP contribution in [0.1, 0.15) is 16.8 Å². The van der Waals surface area contributed by atoms with E-state index in [-0.39, 0.29) is 30.3 Å². The van der Waals surface area contributed by atoms with Crippen LogP contribution in [0.15, 0.2) is 18.2 Å². The molecule has 0 aliphatic carbocycles. The Kier molecular flexibility index (Phi) is 3.62. The number of hydrogen-bond donors (Lipinski definition) is 1. The second kappa shape index (κ2) is 5.22. The predicted octanol–water partition coefficient (Wildman–Crippen LogP) is 0.851. The summed E-state index contributed by atoms with van der Waals surface area (Å²) in [5.74, 6) is -0.741. The molecule has 9 heteroatoms. The smallest absolute Gasteiger partial charge is 0.264 e. The SMILES string of the molecule is CS(=O)(=O)O[C@@H]1C[C@H]2C(=O)Nc3ccc(Cl)cc3C(=O)N2C1. The Labute approximate surface area is 132 Å². The number of benzene rings is 1. The van der Waals surface area contributed by atoms with E-state index in [9.17, 15) is 18.0 Å². The van der Waals surface area contributed by atoms with E-state index >= 15 is 0 Å². The molecule has 2 heterocycles. The number of halogens is 1. The number of hydrogen-bond acceptors (Lipinski definition) is 5. The Morgan fingerprint density at radius 1 is 1.36 bits per heavy atom. The van der Waals surface area contributed by atoms with E-state index in [4.69, 9.17) is 15.8 Å². The predicted molar refractivity (Wildman–Crippen MR) is 79.2 cm³/mol. The Hall–Kier alpha value is -1.64. The number of nitrogens with one attached hydrogen (secondary N) is 1. The van der Waals surface area contributed by atoms with Gasteiger partial charge in [-0.1, -0.05) is 11.6 Å². The van der Waals surface area contributed by atoms with Gasteiger partial charge in [0.05, 0.1) is 23.6 Å². The highest BCUT2D eigenvalue weighted by atomic mass is 35.5. The third-order valence-corrected chi connectivity index (χ3v) is 4.46. The van der Waals surface area contributed by atoms with E-state index in [0.29, 0.717) is 10.7 Å². The average molecular weight is 345 g/mol. The highest BCUT2D eigenvalue weighted by Gasteiger charge is 2.44. The molecule has 0 saturated carbocycles. The summed E-state index contributed by atoms with van der Waals surface area (Å²) in [4.78, 5) is 26.2. The van der Waals surface area contributed by atoms with Gasteiger partial charge in [-0.25, -0.2) is 0 Å². The molecule has 2 aliphatic rings. The van der Waals surface area contributed by atoms with Gasteiger partial charge in [-0.3, -0.25) is 13.8 Å². The summed E-state index contributed by atoms with van der Waals surface area (Å²) in [6.07, 6.45) is 0.343. The Balaban J connectivity index is 1.94. The zero-order valence-electron chi connectivity index (χ0n) is 11.6. The van der Waals surface area contributed by atoms with Crippen molar-refractivity contribution >= 4 is 39.2 Å². The summed E-state index contributed by atoms with van der Waals surface area (Å²) >= 11 is 5.90. The molecule has 0 spiro atoms. The third kappa shape index (κ3) is 2.81. The molecule has 2 amide bonds. The molecular weight excluding hydrogens is 332 g/mol. The van der Waals surface area contributed by atoms with Crippen molar-refractivity contribution in [3.63, 3.8) is 0 Å². The fraction of sp³-hybridized carbons (Fsp3) is 0.385. The first kappa shape index (κ1) is 15.3. The first-order valence-electron chi connectivity index (χ1n) is 6.54. The quantitative estimate of drug-likeness (QED) is 0.803. The van der Waals surface area contributed by atoms with Crippen LogP contribution in [0.3, 0.4) is 0 Å². The van der Waals surface area contributed by atoms with Crippen LogP contribution >= 0.6 is 11.6 Å². The van der Waals surface area contributed by atoms with Crippen LogP contribution in [-0.2, 0) is 19.1 Å². The lowest BCUT2D eigenvalue weighted by molar-refractivity contribution is -0.119. The molecule has 1 fully saturated rings. The van der Waals surface area contributed by atoms with Gasteiger partial charge in [0.15, 0.2) is 0 Å². The maximum atomic E-state index is 12.6. The lowest BCUT2D eigenvalue weighted by Gasteiger charge is -2.19. The molecule has 0 bridgehead atoms. The van der Waals surface area contributed by atoms with Crippen LogP contribution in [0.2, 0.25) is 5.02 Å². The molecule has 1 saturated heterocycles. The third-order valence-electron chi connectivity index (χ3n) is 3.61. The molecular formula is C13H13ClN2O5S. The van der Waals surface area contributed by atoms with Crippen molar-refractivity contribution in [1.29, 1.82) is 0 Å². The summed E-state index contributed by atoms with van der Waals surface area (Å²) < 4.78 is 27.4. The van der Waals surface area contributed by atoms with E-state index in [2.05, 4.69) is 5.32 Å². The van der Waals surface area contributed by atoms with Crippen molar-refractivity contribution in [2.45, 2.75) is 18.6 Å². The number of carbonyl (C=O) groups is 2. The summed E-state index contributed by atoms with van der Waals surface area (Å²) in [6, 6.07) is 3.87. The minimum atomic E-state index is -3.65. The largest absolute Gasteiger partial charge is 0.324 e. The van der Waals surface area contributed by atoms with Crippen LogP contribution in [0.4, 0.5) is 5.69 Å². The van der Waals surface area contributed by atoms with Gasteiger partial charge < -0.3 is 10.2 Å². The monoisotopic (exact) mass is 344 g/mol. The molecule has 1 aromatic rings. The highest BCUT2D eigenvalue weighted by molar-refractivity contribution is 7.86. The minimum absolute atomic E-state index is 0.0376. The highest BCUT2D eigenvalue weighted by Crippen LogP contribution is 2.31. The van der Waals surface area contributed by atoms with Crippen LogP contribution in [0.5, 0.6) is 0 Å². The Bertz CT molecular complexity index is 764. The van der Waals surface area contributed by atoms with E-state index in [1.165, 1.54) is 11.0 Å². The number of fused-ring (bicyclic) bond motifs is 2. The van der Waals surface area contributed by atoms with Gasteiger partial charge in [0.2, 0.25) is 5.91 Å². The van der Waals surface area contributed by atoms with Crippen LogP contribution < -0.4 is 5.32 Å². The van der Waals surface area contributed by atoms with E-state index in [1.807, 2.05) is 0 Å². The summed E-state index contributed by atoms with van der Waals surface area (Å²) in [6.45, 7) is 0.0376. The number of anilines is 1. The van der Waals surface area contributed by atoms with Crippen molar-refractivity contribution in [2.75, 3.05) is 18.1 Å². The molecule has 22 heavy (non-hydrogen) atoms. The molecule has 7 nitrogen and oxygen atoms in total. The van der Waals surface area contributed by atoms with Crippen molar-refractivity contribution in [2.24, 2.45) is 0 Å². The fourth-order valence-electron chi connectivity index (χ4n) is 2.76. The molecule has 0 unspecified atom stereocenters. The summed E-state index contributed by atoms with van der Waals surface area (Å²) in [7, 11) is -3.65.